The minimum Gasteiger partial charge on any atom is -0.469 e. The van der Waals surface area contributed by atoms with Gasteiger partial charge in [-0.05, 0) is 12.5 Å². The van der Waals surface area contributed by atoms with Gasteiger partial charge in [0.1, 0.15) is 0 Å². The summed E-state index contributed by atoms with van der Waals surface area (Å²) in [6.07, 6.45) is 0.395. The first-order chi connectivity index (χ1) is 7.66. The molecule has 0 saturated carbocycles. The molecule has 86 valence electrons. The minimum atomic E-state index is -0.177. The van der Waals surface area contributed by atoms with Crippen molar-refractivity contribution in [2.45, 2.75) is 18.8 Å². The van der Waals surface area contributed by atoms with Crippen molar-refractivity contribution in [1.82, 2.24) is 0 Å². The van der Waals surface area contributed by atoms with Gasteiger partial charge in [-0.15, -0.1) is 0 Å². The highest BCUT2D eigenvalue weighted by molar-refractivity contribution is 5.71. The van der Waals surface area contributed by atoms with Crippen molar-refractivity contribution in [2.24, 2.45) is 0 Å². The summed E-state index contributed by atoms with van der Waals surface area (Å²) in [7, 11) is 1.42. The number of hydrogen-bond acceptors (Lipinski definition) is 3. The lowest BCUT2D eigenvalue weighted by molar-refractivity contribution is -0.148. The molecule has 1 aromatic carbocycles. The second kappa shape index (κ2) is 4.26. The average Bonchev–Trinajstić information content (AvgIpc) is 2.24. The van der Waals surface area contributed by atoms with Crippen LogP contribution in [0.25, 0.3) is 0 Å². The zero-order chi connectivity index (χ0) is 11.6. The van der Waals surface area contributed by atoms with Crippen LogP contribution in [0.5, 0.6) is 0 Å². The second-order valence-electron chi connectivity index (χ2n) is 4.39. The van der Waals surface area contributed by atoms with Crippen LogP contribution in [0.1, 0.15) is 17.5 Å². The summed E-state index contributed by atoms with van der Waals surface area (Å²) in [5, 5.41) is 0. The number of hydrogen-bond donors (Lipinski definition) is 0. The van der Waals surface area contributed by atoms with Crippen LogP contribution in [0.15, 0.2) is 24.3 Å². The molecule has 0 unspecified atom stereocenters. The molecule has 2 rings (SSSR count). The molecule has 1 aliphatic rings. The van der Waals surface area contributed by atoms with Crippen molar-refractivity contribution >= 4 is 5.97 Å². The van der Waals surface area contributed by atoms with Crippen molar-refractivity contribution in [2.75, 3.05) is 20.3 Å². The standard InChI is InChI=1S/C13H16O3/c1-10-3-5-11(6-4-10)13(8-16-9-13)7-12(14)15-2/h3-6H,7-9H2,1-2H3. The monoisotopic (exact) mass is 220 g/mol. The highest BCUT2D eigenvalue weighted by Crippen LogP contribution is 2.36. The summed E-state index contributed by atoms with van der Waals surface area (Å²) < 4.78 is 9.99. The van der Waals surface area contributed by atoms with E-state index in [0.717, 1.165) is 5.56 Å². The molecule has 1 fully saturated rings. The quantitative estimate of drug-likeness (QED) is 0.729. The molecule has 1 saturated heterocycles. The van der Waals surface area contributed by atoms with Crippen LogP contribution >= 0.6 is 0 Å². The summed E-state index contributed by atoms with van der Waals surface area (Å²) in [5.41, 5.74) is 2.22. The predicted octanol–water partition coefficient (Wildman–Crippen LogP) is 1.83. The first-order valence-electron chi connectivity index (χ1n) is 5.38. The third-order valence-corrected chi connectivity index (χ3v) is 3.13. The molecule has 0 aliphatic carbocycles. The normalized spacial score (nSPS) is 17.6. The number of rotatable bonds is 3. The second-order valence-corrected chi connectivity index (χ2v) is 4.39. The van der Waals surface area contributed by atoms with Crippen LogP contribution in [-0.4, -0.2) is 26.3 Å². The molecule has 0 amide bonds. The Kier molecular flexibility index (Phi) is 2.97. The zero-order valence-corrected chi connectivity index (χ0v) is 9.66. The number of ether oxygens (including phenoxy) is 2. The van der Waals surface area contributed by atoms with Gasteiger partial charge in [0.2, 0.25) is 0 Å². The van der Waals surface area contributed by atoms with E-state index >= 15 is 0 Å². The van der Waals surface area contributed by atoms with Crippen molar-refractivity contribution in [3.63, 3.8) is 0 Å². The largest absolute Gasteiger partial charge is 0.469 e. The van der Waals surface area contributed by atoms with E-state index in [9.17, 15) is 4.79 Å². The van der Waals surface area contributed by atoms with Crippen LogP contribution in [0, 0.1) is 6.92 Å². The van der Waals surface area contributed by atoms with E-state index in [-0.39, 0.29) is 11.4 Å². The van der Waals surface area contributed by atoms with Crippen LogP contribution in [0.3, 0.4) is 0 Å². The summed E-state index contributed by atoms with van der Waals surface area (Å²) in [6, 6.07) is 8.26. The molecule has 3 heteroatoms. The molecular formula is C13H16O3. The Morgan fingerprint density at radius 1 is 1.38 bits per heavy atom. The van der Waals surface area contributed by atoms with Crippen molar-refractivity contribution in [3.05, 3.63) is 35.4 Å². The van der Waals surface area contributed by atoms with Crippen molar-refractivity contribution < 1.29 is 14.3 Å². The molecule has 1 aliphatic heterocycles. The van der Waals surface area contributed by atoms with Crippen molar-refractivity contribution in [3.8, 4) is 0 Å². The Balaban J connectivity index is 2.21. The van der Waals surface area contributed by atoms with Gasteiger partial charge in [0.15, 0.2) is 0 Å². The Morgan fingerprint density at radius 2 is 2.00 bits per heavy atom. The molecule has 0 bridgehead atoms. The lowest BCUT2D eigenvalue weighted by Crippen LogP contribution is -2.48. The van der Waals surface area contributed by atoms with Gasteiger partial charge in [-0.25, -0.2) is 0 Å². The van der Waals surface area contributed by atoms with Gasteiger partial charge in [0.25, 0.3) is 0 Å². The maximum absolute atomic E-state index is 11.4. The van der Waals surface area contributed by atoms with E-state index < -0.39 is 0 Å². The van der Waals surface area contributed by atoms with Gasteiger partial charge in [0.05, 0.1) is 32.2 Å². The molecule has 1 heterocycles. The molecule has 0 radical (unpaired) electrons. The molecule has 16 heavy (non-hydrogen) atoms. The first-order valence-corrected chi connectivity index (χ1v) is 5.38. The Labute approximate surface area is 95.4 Å². The fourth-order valence-corrected chi connectivity index (χ4v) is 1.97. The van der Waals surface area contributed by atoms with Crippen LogP contribution in [-0.2, 0) is 19.7 Å². The molecule has 0 spiro atoms. The molecular weight excluding hydrogens is 204 g/mol. The van der Waals surface area contributed by atoms with Gasteiger partial charge >= 0.3 is 5.97 Å². The summed E-state index contributed by atoms with van der Waals surface area (Å²) in [4.78, 5) is 11.4. The van der Waals surface area contributed by atoms with Crippen LogP contribution in [0.2, 0.25) is 0 Å². The highest BCUT2D eigenvalue weighted by atomic mass is 16.5. The number of aryl methyl sites for hydroxylation is 1. The number of methoxy groups -OCH3 is 1. The van der Waals surface area contributed by atoms with E-state index in [4.69, 9.17) is 9.47 Å². The van der Waals surface area contributed by atoms with Gasteiger partial charge in [-0.2, -0.15) is 0 Å². The van der Waals surface area contributed by atoms with Crippen molar-refractivity contribution in [1.29, 1.82) is 0 Å². The van der Waals surface area contributed by atoms with Crippen LogP contribution < -0.4 is 0 Å². The molecule has 0 atom stereocenters. The average molecular weight is 220 g/mol. The molecule has 0 N–H and O–H groups in total. The number of benzene rings is 1. The Bertz CT molecular complexity index is 377. The van der Waals surface area contributed by atoms with E-state index in [1.54, 1.807) is 0 Å². The number of carbonyl (C=O) groups is 1. The van der Waals surface area contributed by atoms with E-state index in [0.29, 0.717) is 19.6 Å². The van der Waals surface area contributed by atoms with Gasteiger partial charge in [-0.1, -0.05) is 29.8 Å². The lowest BCUT2D eigenvalue weighted by Gasteiger charge is -2.41. The SMILES string of the molecule is COC(=O)CC1(c2ccc(C)cc2)COC1. The molecule has 0 aromatic heterocycles. The van der Waals surface area contributed by atoms with Gasteiger partial charge in [0, 0.05) is 0 Å². The third-order valence-electron chi connectivity index (χ3n) is 3.13. The fraction of sp³-hybridized carbons (Fsp3) is 0.462. The van der Waals surface area contributed by atoms with E-state index in [1.807, 2.05) is 6.92 Å². The maximum atomic E-state index is 11.4. The molecule has 3 nitrogen and oxygen atoms in total. The summed E-state index contributed by atoms with van der Waals surface area (Å²) in [6.45, 7) is 3.25. The summed E-state index contributed by atoms with van der Waals surface area (Å²) >= 11 is 0. The Hall–Kier alpha value is -1.35. The maximum Gasteiger partial charge on any atom is 0.306 e. The highest BCUT2D eigenvalue weighted by Gasteiger charge is 2.42. The fourth-order valence-electron chi connectivity index (χ4n) is 1.97. The number of carbonyl (C=O) groups excluding carboxylic acids is 1. The third kappa shape index (κ3) is 1.95. The first kappa shape index (κ1) is 11.1. The van der Waals surface area contributed by atoms with Gasteiger partial charge < -0.3 is 9.47 Å². The van der Waals surface area contributed by atoms with E-state index in [2.05, 4.69) is 24.3 Å². The summed E-state index contributed by atoms with van der Waals surface area (Å²) in [5.74, 6) is -0.177. The minimum absolute atomic E-state index is 0.166. The van der Waals surface area contributed by atoms with E-state index in [1.165, 1.54) is 12.7 Å². The van der Waals surface area contributed by atoms with Gasteiger partial charge in [-0.3, -0.25) is 4.79 Å². The zero-order valence-electron chi connectivity index (χ0n) is 9.66. The predicted molar refractivity (Wildman–Crippen MR) is 60.3 cm³/mol. The Morgan fingerprint density at radius 3 is 2.44 bits per heavy atom. The smallest absolute Gasteiger partial charge is 0.306 e. The topological polar surface area (TPSA) is 35.5 Å². The van der Waals surface area contributed by atoms with Crippen LogP contribution in [0.4, 0.5) is 0 Å². The molecule has 1 aromatic rings. The number of esters is 1. The lowest BCUT2D eigenvalue weighted by atomic mass is 9.76.